The Kier molecular flexibility index (Phi) is 38.1. The maximum Gasteiger partial charge on any atom is 0.456 e. The van der Waals surface area contributed by atoms with E-state index in [4.69, 9.17) is 28.4 Å². The van der Waals surface area contributed by atoms with Gasteiger partial charge in [0.05, 0.1) is 53.3 Å². The number of esters is 12. The van der Waals surface area contributed by atoms with Crippen LogP contribution < -0.4 is 0 Å². The van der Waals surface area contributed by atoms with Crippen molar-refractivity contribution < 1.29 is 202 Å². The van der Waals surface area contributed by atoms with E-state index in [1.807, 2.05) is 0 Å². The van der Waals surface area contributed by atoms with Gasteiger partial charge in [0.15, 0.2) is 39.6 Å². The molecule has 24 nitrogen and oxygen atoms in total. The number of rotatable bonds is 33. The van der Waals surface area contributed by atoms with Crippen LogP contribution in [0.15, 0.2) is 36.5 Å². The number of carbonyl (C=O) groups excluding carboxylic acids is 12. The Morgan fingerprint density at radius 1 is 0.308 bits per heavy atom. The van der Waals surface area contributed by atoms with Crippen LogP contribution in [0.3, 0.4) is 0 Å². The van der Waals surface area contributed by atoms with E-state index in [2.05, 4.69) is 48.2 Å². The first kappa shape index (κ1) is 96.5. The van der Waals surface area contributed by atoms with Crippen molar-refractivity contribution in [2.24, 2.45) is 53.3 Å². The third-order valence-corrected chi connectivity index (χ3v) is 15.0. The molecule has 0 saturated heterocycles. The second-order valence-electron chi connectivity index (χ2n) is 24.4. The molecular formula is C63H76F20O24. The van der Waals surface area contributed by atoms with Crippen LogP contribution in [-0.4, -0.2) is 199 Å². The van der Waals surface area contributed by atoms with E-state index in [1.165, 1.54) is 27.7 Å². The highest BCUT2D eigenvalue weighted by Gasteiger charge is 2.59. The van der Waals surface area contributed by atoms with Gasteiger partial charge in [-0.1, -0.05) is 26.7 Å². The van der Waals surface area contributed by atoms with E-state index in [-0.39, 0.29) is 48.8 Å². The molecule has 0 bridgehead atoms. The van der Waals surface area contributed by atoms with Gasteiger partial charge in [-0.05, 0) is 78.6 Å². The molecule has 3 fully saturated rings. The fourth-order valence-electron chi connectivity index (χ4n) is 9.52. The highest BCUT2D eigenvalue weighted by Crippen LogP contribution is 2.42. The molecule has 3 rings (SSSR count). The summed E-state index contributed by atoms with van der Waals surface area (Å²) < 4.78 is 309. The molecular weight excluding hydrogens is 1520 g/mol. The van der Waals surface area contributed by atoms with Crippen LogP contribution in [0.1, 0.15) is 105 Å². The molecule has 0 aromatic carbocycles. The van der Waals surface area contributed by atoms with Gasteiger partial charge in [-0.3, -0.25) is 43.2 Å². The van der Waals surface area contributed by atoms with Crippen molar-refractivity contribution in [2.75, 3.05) is 79.3 Å². The number of carbonyl (C=O) groups is 12. The zero-order valence-corrected chi connectivity index (χ0v) is 57.4. The average Bonchev–Trinajstić information content (AvgIpc) is 0.820. The molecule has 0 aromatic heterocycles. The number of hydrogen-bond acceptors (Lipinski definition) is 24. The standard InChI is InChI=1S/C23H29F7O8.C21H25F7O8.C19H22F6O8/c1-4-21(24,25)11-37-18(32)14-5-6-15(19(33)38-12-22(26,27)10-23(28,29)30)16(9-14)20(34)36-8-7-35-17(31)13(2)3;1-11(2)15(29)33-6-7-34-18(32)14-8-12(16(30)35-9-19(3,22)23)4-5-13(14)17(31)36-10-20(24,25)21(26,27)28;1-10(2)14(26)30-5-6-31-17(29)13-7-11(15(27)32-8-18(20,21)22)3-4-12(13)16(28)33-9-19(23,24)25/h14-16H,2,4-12H2,1,3H3;12-14H,1,4-10H2,2-3H3;11-13H,1,3-9H2,2H3. The van der Waals surface area contributed by atoms with Crippen LogP contribution in [0.5, 0.6) is 0 Å². The van der Waals surface area contributed by atoms with Gasteiger partial charge in [-0.15, -0.1) is 0 Å². The SMILES string of the molecule is C=C(C)C(=O)OCCOC(=O)C1CC(C(=O)OCC(C)(F)F)CCC1C(=O)OCC(F)(F)C(F)(F)F.C=C(C)C(=O)OCCOC(=O)C1CC(C(=O)OCC(F)(F)CC)CCC1C(=O)OCC(F)(F)CC(F)(F)F.C=C(C)C(=O)OCCOC(=O)C1CC(C(=O)OCC(F)(F)F)CCC1C(=O)OCC(F)(F)F. The summed E-state index contributed by atoms with van der Waals surface area (Å²) in [7, 11) is 0. The second-order valence-corrected chi connectivity index (χ2v) is 24.4. The largest absolute Gasteiger partial charge is 0.462 e. The lowest BCUT2D eigenvalue weighted by atomic mass is 9.74. The summed E-state index contributed by atoms with van der Waals surface area (Å²) in [5, 5.41) is 0. The Balaban J connectivity index is 0.000000804. The lowest BCUT2D eigenvalue weighted by Gasteiger charge is -2.33. The average molecular weight is 1600 g/mol. The highest BCUT2D eigenvalue weighted by atomic mass is 19.4. The third kappa shape index (κ3) is 37.7. The molecule has 3 saturated carbocycles. The maximum atomic E-state index is 13.5. The van der Waals surface area contributed by atoms with Crippen molar-refractivity contribution in [3.8, 4) is 0 Å². The Hall–Kier alpha value is -8.54. The normalized spacial score (nSPS) is 20.7. The molecule has 0 radical (unpaired) electrons. The molecule has 0 heterocycles. The van der Waals surface area contributed by atoms with Crippen molar-refractivity contribution in [2.45, 2.75) is 154 Å². The highest BCUT2D eigenvalue weighted by molar-refractivity contribution is 5.89. The topological polar surface area (TPSA) is 316 Å². The Bertz CT molecular complexity index is 3090. The van der Waals surface area contributed by atoms with E-state index in [0.29, 0.717) is 6.92 Å². The minimum Gasteiger partial charge on any atom is -0.462 e. The Morgan fingerprint density at radius 3 is 0.832 bits per heavy atom. The van der Waals surface area contributed by atoms with Gasteiger partial charge in [-0.2, -0.15) is 61.5 Å². The van der Waals surface area contributed by atoms with Crippen molar-refractivity contribution in [1.82, 2.24) is 0 Å². The van der Waals surface area contributed by atoms with E-state index in [0.717, 1.165) is 0 Å². The molecule has 0 N–H and O–H groups in total. The Morgan fingerprint density at radius 2 is 0.561 bits per heavy atom. The van der Waals surface area contributed by atoms with Crippen LogP contribution in [0.2, 0.25) is 0 Å². The van der Waals surface area contributed by atoms with E-state index in [1.54, 1.807) is 0 Å². The summed E-state index contributed by atoms with van der Waals surface area (Å²) in [5.74, 6) is -42.6. The first-order valence-electron chi connectivity index (χ1n) is 31.6. The zero-order chi connectivity index (χ0) is 82.6. The molecule has 0 amide bonds. The van der Waals surface area contributed by atoms with Gasteiger partial charge < -0.3 is 56.8 Å². The smallest absolute Gasteiger partial charge is 0.456 e. The second kappa shape index (κ2) is 42.3. The number of alkyl halides is 20. The van der Waals surface area contributed by atoms with Gasteiger partial charge in [-0.25, -0.2) is 40.7 Å². The molecule has 9 atom stereocenters. The summed E-state index contributed by atoms with van der Waals surface area (Å²) >= 11 is 0. The van der Waals surface area contributed by atoms with Crippen LogP contribution in [-0.2, 0) is 114 Å². The molecule has 0 spiro atoms. The van der Waals surface area contributed by atoms with Crippen LogP contribution in [0, 0.1) is 53.3 Å². The first-order valence-corrected chi connectivity index (χ1v) is 31.6. The third-order valence-electron chi connectivity index (χ3n) is 15.0. The van der Waals surface area contributed by atoms with Crippen LogP contribution in [0.25, 0.3) is 0 Å². The molecule has 44 heteroatoms. The predicted octanol–water partition coefficient (Wildman–Crippen LogP) is 10.9. The minimum atomic E-state index is -5.99. The van der Waals surface area contributed by atoms with E-state index < -0.39 is 291 Å². The summed E-state index contributed by atoms with van der Waals surface area (Å²) in [5.41, 5.74) is 0.177. The summed E-state index contributed by atoms with van der Waals surface area (Å²) in [4.78, 5) is 145. The quantitative estimate of drug-likeness (QED) is 0.0194. The van der Waals surface area contributed by atoms with Crippen molar-refractivity contribution in [1.29, 1.82) is 0 Å². The van der Waals surface area contributed by atoms with Crippen molar-refractivity contribution in [3.05, 3.63) is 36.5 Å². The molecule has 0 aliphatic heterocycles. The van der Waals surface area contributed by atoms with Gasteiger partial charge >= 0.3 is 102 Å². The summed E-state index contributed by atoms with van der Waals surface area (Å²) in [6.07, 6.45) is -27.2. The molecule has 0 aromatic rings. The molecule has 3 aliphatic carbocycles. The monoisotopic (exact) mass is 1600 g/mol. The number of halogens is 20. The van der Waals surface area contributed by atoms with Crippen molar-refractivity contribution in [3.63, 3.8) is 0 Å². The Labute approximate surface area is 595 Å². The lowest BCUT2D eigenvalue weighted by Crippen LogP contribution is -2.44. The summed E-state index contributed by atoms with van der Waals surface area (Å²) in [6.45, 7) is 2.50. The van der Waals surface area contributed by atoms with Crippen LogP contribution in [0.4, 0.5) is 87.8 Å². The number of hydrogen-bond donors (Lipinski definition) is 0. The van der Waals surface area contributed by atoms with Crippen molar-refractivity contribution >= 4 is 71.6 Å². The van der Waals surface area contributed by atoms with E-state index >= 15 is 0 Å². The first-order chi connectivity index (χ1) is 48.8. The van der Waals surface area contributed by atoms with E-state index in [9.17, 15) is 145 Å². The molecule has 3 aliphatic rings. The van der Waals surface area contributed by atoms with Gasteiger partial charge in [0.25, 0.3) is 17.8 Å². The molecule has 107 heavy (non-hydrogen) atoms. The fourth-order valence-corrected chi connectivity index (χ4v) is 9.52. The maximum absolute atomic E-state index is 13.5. The zero-order valence-electron chi connectivity index (χ0n) is 57.4. The lowest BCUT2D eigenvalue weighted by molar-refractivity contribution is -0.294. The van der Waals surface area contributed by atoms with Crippen LogP contribution >= 0.6 is 0 Å². The molecule has 612 valence electrons. The minimum absolute atomic E-state index is 0.0473. The van der Waals surface area contributed by atoms with Gasteiger partial charge in [0.2, 0.25) is 0 Å². The fraction of sp³-hybridized carbons (Fsp3) is 0.714. The number of ether oxygens (including phenoxy) is 12. The predicted molar refractivity (Wildman–Crippen MR) is 314 cm³/mol. The summed E-state index contributed by atoms with van der Waals surface area (Å²) in [6, 6.07) is 0. The van der Waals surface area contributed by atoms with Gasteiger partial charge in [0, 0.05) is 30.1 Å². The van der Waals surface area contributed by atoms with Gasteiger partial charge in [0.1, 0.15) is 46.1 Å². The molecule has 9 unspecified atom stereocenters.